The van der Waals surface area contributed by atoms with Crippen molar-refractivity contribution in [2.24, 2.45) is 0 Å². The third kappa shape index (κ3) is 6.05. The van der Waals surface area contributed by atoms with Crippen molar-refractivity contribution in [2.75, 3.05) is 25.1 Å². The first-order valence-corrected chi connectivity index (χ1v) is 9.95. The molecule has 0 spiro atoms. The number of para-hydroxylation sites is 1. The molecule has 0 amide bonds. The molecule has 0 radical (unpaired) electrons. The number of benzene rings is 3. The summed E-state index contributed by atoms with van der Waals surface area (Å²) < 4.78 is 11.8. The van der Waals surface area contributed by atoms with Crippen LogP contribution in [-0.4, -0.2) is 19.8 Å². The second-order valence-corrected chi connectivity index (χ2v) is 7.08. The summed E-state index contributed by atoms with van der Waals surface area (Å²) in [7, 11) is 0. The summed E-state index contributed by atoms with van der Waals surface area (Å²) in [5.74, 6) is 2.32. The first-order chi connectivity index (χ1) is 13.7. The summed E-state index contributed by atoms with van der Waals surface area (Å²) in [6.07, 6.45) is 0.913. The van der Waals surface area contributed by atoms with Crippen LogP contribution in [0.1, 0.15) is 30.9 Å². The summed E-state index contributed by atoms with van der Waals surface area (Å²) in [5.41, 5.74) is 3.61. The highest BCUT2D eigenvalue weighted by Crippen LogP contribution is 2.25. The van der Waals surface area contributed by atoms with Crippen molar-refractivity contribution in [3.8, 4) is 11.5 Å². The molecule has 0 saturated heterocycles. The molecule has 0 aliphatic rings. The largest absolute Gasteiger partial charge is 0.493 e. The van der Waals surface area contributed by atoms with Crippen molar-refractivity contribution in [1.29, 1.82) is 0 Å². The van der Waals surface area contributed by atoms with Crippen LogP contribution in [0.4, 0.5) is 5.69 Å². The summed E-state index contributed by atoms with van der Waals surface area (Å²) in [4.78, 5) is 0. The molecular weight excluding hydrogens is 346 g/mol. The molecule has 3 nitrogen and oxygen atoms in total. The molecule has 146 valence electrons. The van der Waals surface area contributed by atoms with E-state index in [1.54, 1.807) is 0 Å². The van der Waals surface area contributed by atoms with Crippen molar-refractivity contribution in [2.45, 2.75) is 26.2 Å². The van der Waals surface area contributed by atoms with Crippen LogP contribution < -0.4 is 14.8 Å². The number of anilines is 1. The minimum absolute atomic E-state index is 0.457. The lowest BCUT2D eigenvalue weighted by Gasteiger charge is -2.14. The number of hydrogen-bond donors (Lipinski definition) is 1. The molecule has 3 rings (SSSR count). The summed E-state index contributed by atoms with van der Waals surface area (Å²) in [5, 5.41) is 3.39. The molecule has 0 aromatic heterocycles. The van der Waals surface area contributed by atoms with E-state index in [9.17, 15) is 0 Å². The third-order valence-electron chi connectivity index (χ3n) is 4.59. The quantitative estimate of drug-likeness (QED) is 0.446. The normalized spacial score (nSPS) is 10.7. The van der Waals surface area contributed by atoms with Crippen LogP contribution in [0.2, 0.25) is 0 Å². The van der Waals surface area contributed by atoms with Crippen LogP contribution in [0.3, 0.4) is 0 Å². The minimum atomic E-state index is 0.457. The summed E-state index contributed by atoms with van der Waals surface area (Å²) in [6.45, 7) is 6.42. The zero-order valence-electron chi connectivity index (χ0n) is 16.7. The fraction of sp³-hybridized carbons (Fsp3) is 0.280. The van der Waals surface area contributed by atoms with Crippen LogP contribution >= 0.6 is 0 Å². The van der Waals surface area contributed by atoms with Gasteiger partial charge in [-0.3, -0.25) is 0 Å². The molecule has 0 heterocycles. The molecule has 0 fully saturated rings. The van der Waals surface area contributed by atoms with E-state index in [-0.39, 0.29) is 0 Å². The molecule has 28 heavy (non-hydrogen) atoms. The molecule has 0 saturated carbocycles. The fourth-order valence-electron chi connectivity index (χ4n) is 3.05. The Kier molecular flexibility index (Phi) is 7.36. The van der Waals surface area contributed by atoms with Gasteiger partial charge in [-0.15, -0.1) is 0 Å². The first kappa shape index (κ1) is 19.8. The molecule has 0 unspecified atom stereocenters. The number of nitrogens with one attached hydrogen (secondary N) is 1. The lowest BCUT2D eigenvalue weighted by atomic mass is 10.0. The lowest BCUT2D eigenvalue weighted by molar-refractivity contribution is 0.322. The van der Waals surface area contributed by atoms with Gasteiger partial charge in [-0.05, 0) is 47.4 Å². The molecule has 0 aliphatic carbocycles. The number of hydrogen-bond acceptors (Lipinski definition) is 3. The smallest absolute Gasteiger partial charge is 0.122 e. The van der Waals surface area contributed by atoms with E-state index in [0.29, 0.717) is 19.1 Å². The van der Waals surface area contributed by atoms with E-state index in [1.807, 2.05) is 42.5 Å². The minimum Gasteiger partial charge on any atom is -0.493 e. The average Bonchev–Trinajstić information content (AvgIpc) is 2.73. The van der Waals surface area contributed by atoms with E-state index in [1.165, 1.54) is 11.1 Å². The second-order valence-electron chi connectivity index (χ2n) is 7.08. The van der Waals surface area contributed by atoms with Gasteiger partial charge in [0.15, 0.2) is 0 Å². The fourth-order valence-corrected chi connectivity index (χ4v) is 3.05. The zero-order valence-corrected chi connectivity index (χ0v) is 16.7. The van der Waals surface area contributed by atoms with Gasteiger partial charge in [-0.25, -0.2) is 0 Å². The van der Waals surface area contributed by atoms with E-state index in [2.05, 4.69) is 55.6 Å². The standard InChI is InChI=1S/C25H29NO2/c1-20(2)24-10-6-7-11-25(24)28-19-17-26-22-12-14-23(15-13-22)27-18-16-21-8-4-3-5-9-21/h3-15,20,26H,16-19H2,1-2H3. The Balaban J connectivity index is 1.39. The van der Waals surface area contributed by atoms with Crippen LogP contribution in [0.25, 0.3) is 0 Å². The van der Waals surface area contributed by atoms with Crippen LogP contribution in [-0.2, 0) is 6.42 Å². The average molecular weight is 376 g/mol. The molecule has 1 N–H and O–H groups in total. The Labute approximate surface area is 168 Å². The predicted octanol–water partition coefficient (Wildman–Crippen LogP) is 5.92. The lowest BCUT2D eigenvalue weighted by Crippen LogP contribution is -2.12. The Morgan fingerprint density at radius 3 is 2.21 bits per heavy atom. The molecule has 3 aromatic carbocycles. The third-order valence-corrected chi connectivity index (χ3v) is 4.59. The van der Waals surface area contributed by atoms with Gasteiger partial charge in [0.05, 0.1) is 6.61 Å². The number of rotatable bonds is 10. The Morgan fingerprint density at radius 1 is 0.750 bits per heavy atom. The number of ether oxygens (including phenoxy) is 2. The summed E-state index contributed by atoms with van der Waals surface area (Å²) in [6, 6.07) is 26.7. The molecule has 0 atom stereocenters. The van der Waals surface area contributed by atoms with Crippen molar-refractivity contribution in [3.05, 3.63) is 90.0 Å². The maximum absolute atomic E-state index is 5.95. The van der Waals surface area contributed by atoms with Crippen LogP contribution in [0.5, 0.6) is 11.5 Å². The van der Waals surface area contributed by atoms with Gasteiger partial charge >= 0.3 is 0 Å². The van der Waals surface area contributed by atoms with Gasteiger partial charge < -0.3 is 14.8 Å². The Bertz CT molecular complexity index is 829. The Hall–Kier alpha value is -2.94. The van der Waals surface area contributed by atoms with E-state index in [0.717, 1.165) is 30.2 Å². The highest BCUT2D eigenvalue weighted by atomic mass is 16.5. The van der Waals surface area contributed by atoms with Gasteiger partial charge in [0, 0.05) is 18.7 Å². The maximum atomic E-state index is 5.95. The van der Waals surface area contributed by atoms with Crippen molar-refractivity contribution in [1.82, 2.24) is 0 Å². The molecule has 3 aromatic rings. The maximum Gasteiger partial charge on any atom is 0.122 e. The van der Waals surface area contributed by atoms with Crippen LogP contribution in [0.15, 0.2) is 78.9 Å². The van der Waals surface area contributed by atoms with Gasteiger partial charge in [-0.1, -0.05) is 62.4 Å². The second kappa shape index (κ2) is 10.4. The summed E-state index contributed by atoms with van der Waals surface area (Å²) >= 11 is 0. The van der Waals surface area contributed by atoms with Crippen molar-refractivity contribution < 1.29 is 9.47 Å². The van der Waals surface area contributed by atoms with Crippen molar-refractivity contribution in [3.63, 3.8) is 0 Å². The van der Waals surface area contributed by atoms with E-state index in [4.69, 9.17) is 9.47 Å². The molecule has 0 aliphatic heterocycles. The highest BCUT2D eigenvalue weighted by molar-refractivity contribution is 5.46. The topological polar surface area (TPSA) is 30.5 Å². The first-order valence-electron chi connectivity index (χ1n) is 9.95. The predicted molar refractivity (Wildman–Crippen MR) is 117 cm³/mol. The van der Waals surface area contributed by atoms with Gasteiger partial charge in [0.1, 0.15) is 18.1 Å². The van der Waals surface area contributed by atoms with E-state index >= 15 is 0 Å². The molecular formula is C25H29NO2. The highest BCUT2D eigenvalue weighted by Gasteiger charge is 2.06. The van der Waals surface area contributed by atoms with Gasteiger partial charge in [0.2, 0.25) is 0 Å². The zero-order chi connectivity index (χ0) is 19.6. The Morgan fingerprint density at radius 2 is 1.46 bits per heavy atom. The van der Waals surface area contributed by atoms with Crippen molar-refractivity contribution >= 4 is 5.69 Å². The SMILES string of the molecule is CC(C)c1ccccc1OCCNc1ccc(OCCc2ccccc2)cc1. The molecule has 0 bridgehead atoms. The van der Waals surface area contributed by atoms with Gasteiger partial charge in [0.25, 0.3) is 0 Å². The monoisotopic (exact) mass is 375 g/mol. The van der Waals surface area contributed by atoms with Gasteiger partial charge in [-0.2, -0.15) is 0 Å². The van der Waals surface area contributed by atoms with Crippen LogP contribution in [0, 0.1) is 0 Å². The van der Waals surface area contributed by atoms with E-state index < -0.39 is 0 Å². The molecule has 3 heteroatoms.